The summed E-state index contributed by atoms with van der Waals surface area (Å²) >= 11 is 9.39. The monoisotopic (exact) mass is 439 g/mol. The quantitative estimate of drug-likeness (QED) is 0.715. The van der Waals surface area contributed by atoms with Gasteiger partial charge in [0.25, 0.3) is 5.91 Å². The second-order valence-corrected chi connectivity index (χ2v) is 6.93. The molecule has 0 saturated heterocycles. The lowest BCUT2D eigenvalue weighted by Crippen LogP contribution is -2.31. The summed E-state index contributed by atoms with van der Waals surface area (Å²) in [6.07, 6.45) is 0. The zero-order chi connectivity index (χ0) is 18.7. The lowest BCUT2D eigenvalue weighted by Gasteiger charge is -2.14. The van der Waals surface area contributed by atoms with Gasteiger partial charge in [-0.1, -0.05) is 39.7 Å². The highest BCUT2D eigenvalue weighted by Gasteiger charge is 2.22. The van der Waals surface area contributed by atoms with Crippen molar-refractivity contribution in [1.29, 1.82) is 0 Å². The minimum Gasteiger partial charge on any atom is -0.454 e. The Hall–Kier alpha value is -2.25. The number of carbonyl (C=O) groups excluding carboxylic acids is 2. The van der Waals surface area contributed by atoms with Crippen LogP contribution in [-0.4, -0.2) is 25.3 Å². The molecule has 0 bridgehead atoms. The maximum atomic E-state index is 12.1. The second kappa shape index (κ2) is 7.97. The maximum Gasteiger partial charge on any atom is 0.338 e. The number of amides is 1. The minimum atomic E-state index is -0.670. The van der Waals surface area contributed by atoms with Gasteiger partial charge >= 0.3 is 5.97 Å². The van der Waals surface area contributed by atoms with Crippen LogP contribution in [-0.2, 0) is 9.53 Å². The van der Waals surface area contributed by atoms with Crippen LogP contribution in [0.1, 0.15) is 28.9 Å². The summed E-state index contributed by atoms with van der Waals surface area (Å²) in [4.78, 5) is 24.1. The summed E-state index contributed by atoms with van der Waals surface area (Å²) in [5.74, 6) is -0.306. The Morgan fingerprint density at radius 1 is 1.27 bits per heavy atom. The number of hydrogen-bond donors (Lipinski definition) is 1. The Balaban J connectivity index is 1.55. The highest BCUT2D eigenvalue weighted by atomic mass is 79.9. The third kappa shape index (κ3) is 4.28. The first-order valence-corrected chi connectivity index (χ1v) is 8.92. The van der Waals surface area contributed by atoms with Gasteiger partial charge in [-0.25, -0.2) is 4.79 Å². The fourth-order valence-electron chi connectivity index (χ4n) is 2.42. The van der Waals surface area contributed by atoms with E-state index >= 15 is 0 Å². The van der Waals surface area contributed by atoms with Crippen LogP contribution in [0.15, 0.2) is 40.9 Å². The molecular formula is C18H15BrClNO5. The number of rotatable bonds is 5. The van der Waals surface area contributed by atoms with Crippen molar-refractivity contribution in [3.8, 4) is 11.5 Å². The fourth-order valence-corrected chi connectivity index (χ4v) is 2.95. The Morgan fingerprint density at radius 3 is 2.73 bits per heavy atom. The van der Waals surface area contributed by atoms with Crippen molar-refractivity contribution < 1.29 is 23.8 Å². The summed E-state index contributed by atoms with van der Waals surface area (Å²) in [6.45, 7) is 1.50. The molecule has 1 N–H and O–H groups in total. The normalized spacial score (nSPS) is 13.2. The molecule has 1 heterocycles. The Kier molecular flexibility index (Phi) is 5.68. The van der Waals surface area contributed by atoms with Gasteiger partial charge in [0.15, 0.2) is 18.1 Å². The summed E-state index contributed by atoms with van der Waals surface area (Å²) in [7, 11) is 0. The number of halogens is 2. The molecule has 0 aliphatic carbocycles. The number of esters is 1. The molecule has 1 atom stereocenters. The van der Waals surface area contributed by atoms with E-state index in [0.717, 1.165) is 10.0 Å². The second-order valence-electron chi connectivity index (χ2n) is 5.61. The van der Waals surface area contributed by atoms with Gasteiger partial charge in [-0.3, -0.25) is 4.79 Å². The van der Waals surface area contributed by atoms with Crippen LogP contribution < -0.4 is 14.8 Å². The van der Waals surface area contributed by atoms with Crippen molar-refractivity contribution >= 4 is 39.4 Å². The van der Waals surface area contributed by atoms with Gasteiger partial charge in [0.2, 0.25) is 6.79 Å². The highest BCUT2D eigenvalue weighted by molar-refractivity contribution is 9.10. The van der Waals surface area contributed by atoms with Gasteiger partial charge in [-0.15, -0.1) is 0 Å². The number of hydrogen-bond acceptors (Lipinski definition) is 5. The Labute approximate surface area is 163 Å². The molecule has 1 unspecified atom stereocenters. The smallest absolute Gasteiger partial charge is 0.338 e. The minimum absolute atomic E-state index is 0.0455. The van der Waals surface area contributed by atoms with E-state index in [4.69, 9.17) is 25.8 Å². The van der Waals surface area contributed by atoms with Crippen molar-refractivity contribution in [2.75, 3.05) is 13.4 Å². The van der Waals surface area contributed by atoms with E-state index < -0.39 is 18.5 Å². The van der Waals surface area contributed by atoms with E-state index in [2.05, 4.69) is 21.2 Å². The SMILES string of the molecule is CC(NC(=O)COC(=O)c1cc(Cl)c2c(c1)OCO2)c1ccc(Br)cc1. The average Bonchev–Trinajstić information content (AvgIpc) is 3.09. The van der Waals surface area contributed by atoms with Gasteiger partial charge in [0.1, 0.15) is 0 Å². The van der Waals surface area contributed by atoms with Crippen LogP contribution in [0.3, 0.4) is 0 Å². The number of ether oxygens (including phenoxy) is 3. The molecule has 0 fully saturated rings. The summed E-state index contributed by atoms with van der Waals surface area (Å²) < 4.78 is 16.4. The van der Waals surface area contributed by atoms with Crippen LogP contribution in [0.5, 0.6) is 11.5 Å². The number of carbonyl (C=O) groups is 2. The zero-order valence-electron chi connectivity index (χ0n) is 13.8. The number of fused-ring (bicyclic) bond motifs is 1. The molecule has 26 heavy (non-hydrogen) atoms. The Morgan fingerprint density at radius 2 is 2.00 bits per heavy atom. The van der Waals surface area contributed by atoms with Gasteiger partial charge in [0.05, 0.1) is 16.6 Å². The molecule has 0 radical (unpaired) electrons. The van der Waals surface area contributed by atoms with Crippen LogP contribution in [0.2, 0.25) is 5.02 Å². The van der Waals surface area contributed by atoms with Gasteiger partial charge in [0, 0.05) is 4.47 Å². The molecular weight excluding hydrogens is 426 g/mol. The van der Waals surface area contributed by atoms with Crippen molar-refractivity contribution in [3.05, 3.63) is 57.0 Å². The van der Waals surface area contributed by atoms with Crippen molar-refractivity contribution in [2.24, 2.45) is 0 Å². The Bertz CT molecular complexity index is 840. The van der Waals surface area contributed by atoms with Gasteiger partial charge in [-0.2, -0.15) is 0 Å². The lowest BCUT2D eigenvalue weighted by molar-refractivity contribution is -0.124. The van der Waals surface area contributed by atoms with E-state index in [1.54, 1.807) is 0 Å². The zero-order valence-corrected chi connectivity index (χ0v) is 16.1. The summed E-state index contributed by atoms with van der Waals surface area (Å²) in [6, 6.07) is 10.3. The number of nitrogens with one attached hydrogen (secondary N) is 1. The standard InChI is InChI=1S/C18H15BrClNO5/c1-10(11-2-4-13(19)5-3-11)21-16(22)8-24-18(23)12-6-14(20)17-15(7-12)25-9-26-17/h2-7,10H,8-9H2,1H3,(H,21,22). The van der Waals surface area contributed by atoms with E-state index in [9.17, 15) is 9.59 Å². The molecule has 1 amide bonds. The van der Waals surface area contributed by atoms with Crippen LogP contribution >= 0.6 is 27.5 Å². The first kappa shape index (κ1) is 18.5. The molecule has 2 aromatic rings. The van der Waals surface area contributed by atoms with E-state index in [1.807, 2.05) is 31.2 Å². The lowest BCUT2D eigenvalue weighted by atomic mass is 10.1. The molecule has 136 valence electrons. The predicted molar refractivity (Wildman–Crippen MR) is 98.6 cm³/mol. The molecule has 0 saturated carbocycles. The van der Waals surface area contributed by atoms with Crippen molar-refractivity contribution in [3.63, 3.8) is 0 Å². The van der Waals surface area contributed by atoms with E-state index in [-0.39, 0.29) is 23.4 Å². The summed E-state index contributed by atoms with van der Waals surface area (Å²) in [5.41, 5.74) is 1.13. The highest BCUT2D eigenvalue weighted by Crippen LogP contribution is 2.39. The third-order valence-electron chi connectivity index (χ3n) is 3.74. The van der Waals surface area contributed by atoms with Gasteiger partial charge in [-0.05, 0) is 36.8 Å². The van der Waals surface area contributed by atoms with Gasteiger partial charge < -0.3 is 19.5 Å². The maximum absolute atomic E-state index is 12.1. The topological polar surface area (TPSA) is 73.9 Å². The molecule has 6 nitrogen and oxygen atoms in total. The largest absolute Gasteiger partial charge is 0.454 e. The predicted octanol–water partition coefficient (Wildman–Crippen LogP) is 3.87. The summed E-state index contributed by atoms with van der Waals surface area (Å²) in [5, 5.41) is 3.02. The van der Waals surface area contributed by atoms with E-state index in [0.29, 0.717) is 11.5 Å². The van der Waals surface area contributed by atoms with Crippen molar-refractivity contribution in [2.45, 2.75) is 13.0 Å². The number of benzene rings is 2. The van der Waals surface area contributed by atoms with Crippen molar-refractivity contribution in [1.82, 2.24) is 5.32 Å². The molecule has 0 aromatic heterocycles. The average molecular weight is 441 g/mol. The van der Waals surface area contributed by atoms with Crippen LogP contribution in [0.4, 0.5) is 0 Å². The molecule has 0 spiro atoms. The molecule has 1 aliphatic heterocycles. The fraction of sp³-hybridized carbons (Fsp3) is 0.222. The molecule has 1 aliphatic rings. The third-order valence-corrected chi connectivity index (χ3v) is 4.55. The van der Waals surface area contributed by atoms with Crippen LogP contribution in [0, 0.1) is 0 Å². The molecule has 2 aromatic carbocycles. The first-order chi connectivity index (χ1) is 12.4. The van der Waals surface area contributed by atoms with Crippen LogP contribution in [0.25, 0.3) is 0 Å². The van der Waals surface area contributed by atoms with E-state index in [1.165, 1.54) is 12.1 Å². The first-order valence-electron chi connectivity index (χ1n) is 7.75. The molecule has 8 heteroatoms. The molecule has 3 rings (SSSR count).